The number of hydrogen-bond donors (Lipinski definition) is 1. The molecule has 0 aliphatic carbocycles. The summed E-state index contributed by atoms with van der Waals surface area (Å²) in [6, 6.07) is 11.8. The second-order valence-electron chi connectivity index (χ2n) is 7.83. The highest BCUT2D eigenvalue weighted by molar-refractivity contribution is 5.95. The minimum Gasteiger partial charge on any atom is -0.365 e. The van der Waals surface area contributed by atoms with Crippen LogP contribution in [0, 0.1) is 13.8 Å². The number of hydrogen-bond acceptors (Lipinski definition) is 3. The van der Waals surface area contributed by atoms with Crippen molar-refractivity contribution in [2.75, 3.05) is 11.9 Å². The van der Waals surface area contributed by atoms with Crippen molar-refractivity contribution in [3.8, 4) is 0 Å². The van der Waals surface area contributed by atoms with Gasteiger partial charge in [0.2, 0.25) is 0 Å². The van der Waals surface area contributed by atoms with Gasteiger partial charge in [0, 0.05) is 23.9 Å². The van der Waals surface area contributed by atoms with Gasteiger partial charge < -0.3 is 4.90 Å². The Morgan fingerprint density at radius 2 is 1.78 bits per heavy atom. The number of anilines is 1. The first-order chi connectivity index (χ1) is 12.7. The average molecular weight is 361 g/mol. The predicted molar refractivity (Wildman–Crippen MR) is 114 cm³/mol. The fourth-order valence-corrected chi connectivity index (χ4v) is 3.39. The van der Waals surface area contributed by atoms with Crippen molar-refractivity contribution in [1.29, 1.82) is 0 Å². The van der Waals surface area contributed by atoms with E-state index < -0.39 is 0 Å². The third-order valence-corrected chi connectivity index (χ3v) is 5.29. The lowest BCUT2D eigenvalue weighted by Crippen LogP contribution is -2.42. The number of carbonyl (C=O) groups is 1. The molecule has 0 saturated heterocycles. The summed E-state index contributed by atoms with van der Waals surface area (Å²) in [5.74, 6) is -0.209. The van der Waals surface area contributed by atoms with Gasteiger partial charge >= 0.3 is 0 Å². The number of amides is 1. The molecule has 3 rings (SSSR count). The van der Waals surface area contributed by atoms with E-state index in [1.807, 2.05) is 19.1 Å². The van der Waals surface area contributed by atoms with Crippen molar-refractivity contribution >= 4 is 23.4 Å². The molecule has 0 bridgehead atoms. The number of fused-ring (bicyclic) bond motifs is 1. The lowest BCUT2D eigenvalue weighted by atomic mass is 9.87. The number of benzene rings is 2. The van der Waals surface area contributed by atoms with Crippen LogP contribution in [0.3, 0.4) is 0 Å². The first-order valence-electron chi connectivity index (χ1n) is 9.17. The summed E-state index contributed by atoms with van der Waals surface area (Å²) in [4.78, 5) is 14.5. The van der Waals surface area contributed by atoms with Crippen molar-refractivity contribution in [2.45, 2.75) is 40.2 Å². The van der Waals surface area contributed by atoms with Crippen molar-refractivity contribution in [1.82, 2.24) is 5.43 Å². The molecule has 0 radical (unpaired) electrons. The topological polar surface area (TPSA) is 44.7 Å². The SMILES string of the molecule is CC1=CC(C)(C)N(C)c2cc(C)c(/C=N\NC(=O)c3ccc(C)cc3)cc21. The van der Waals surface area contributed by atoms with Crippen LogP contribution in [0.25, 0.3) is 5.57 Å². The van der Waals surface area contributed by atoms with Crippen LogP contribution in [0.1, 0.15) is 53.4 Å². The molecule has 0 fully saturated rings. The lowest BCUT2D eigenvalue weighted by molar-refractivity contribution is 0.0955. The van der Waals surface area contributed by atoms with Crippen molar-refractivity contribution in [2.24, 2.45) is 5.10 Å². The highest BCUT2D eigenvalue weighted by Crippen LogP contribution is 2.38. The summed E-state index contributed by atoms with van der Waals surface area (Å²) in [5.41, 5.74) is 10.1. The van der Waals surface area contributed by atoms with Gasteiger partial charge in [0.15, 0.2) is 0 Å². The van der Waals surface area contributed by atoms with E-state index in [2.05, 4.69) is 68.4 Å². The number of carbonyl (C=O) groups excluding carboxylic acids is 1. The van der Waals surface area contributed by atoms with E-state index in [4.69, 9.17) is 0 Å². The number of allylic oxidation sites excluding steroid dienone is 1. The number of nitrogens with zero attached hydrogens (tertiary/aromatic N) is 2. The Kier molecular flexibility index (Phi) is 4.92. The van der Waals surface area contributed by atoms with Gasteiger partial charge in [0.25, 0.3) is 5.91 Å². The monoisotopic (exact) mass is 361 g/mol. The molecule has 1 N–H and O–H groups in total. The van der Waals surface area contributed by atoms with Crippen LogP contribution in [0.4, 0.5) is 5.69 Å². The lowest BCUT2D eigenvalue weighted by Gasteiger charge is -2.41. The second-order valence-corrected chi connectivity index (χ2v) is 7.83. The van der Waals surface area contributed by atoms with Crippen LogP contribution in [0.5, 0.6) is 0 Å². The molecule has 4 nitrogen and oxygen atoms in total. The van der Waals surface area contributed by atoms with Crippen molar-refractivity contribution < 1.29 is 4.79 Å². The maximum atomic E-state index is 12.2. The Morgan fingerprint density at radius 3 is 2.44 bits per heavy atom. The van der Waals surface area contributed by atoms with Crippen molar-refractivity contribution in [3.63, 3.8) is 0 Å². The van der Waals surface area contributed by atoms with E-state index in [9.17, 15) is 4.79 Å². The normalized spacial score (nSPS) is 15.5. The van der Waals surface area contributed by atoms with Crippen LogP contribution in [0.15, 0.2) is 47.6 Å². The number of rotatable bonds is 3. The van der Waals surface area contributed by atoms with Gasteiger partial charge in [0.1, 0.15) is 0 Å². The molecule has 0 aromatic heterocycles. The van der Waals surface area contributed by atoms with E-state index >= 15 is 0 Å². The molecule has 1 heterocycles. The summed E-state index contributed by atoms with van der Waals surface area (Å²) in [6.45, 7) is 10.6. The summed E-state index contributed by atoms with van der Waals surface area (Å²) >= 11 is 0. The van der Waals surface area contributed by atoms with Gasteiger partial charge in [-0.05, 0) is 75.6 Å². The Hall–Kier alpha value is -2.88. The molecule has 1 aliphatic heterocycles. The highest BCUT2D eigenvalue weighted by Gasteiger charge is 2.28. The maximum absolute atomic E-state index is 12.2. The van der Waals surface area contributed by atoms with Crippen LogP contribution in [0.2, 0.25) is 0 Å². The maximum Gasteiger partial charge on any atom is 0.271 e. The zero-order chi connectivity index (χ0) is 19.8. The molecular weight excluding hydrogens is 334 g/mol. The summed E-state index contributed by atoms with van der Waals surface area (Å²) in [5, 5.41) is 4.17. The molecule has 0 saturated carbocycles. The second kappa shape index (κ2) is 7.03. The van der Waals surface area contributed by atoms with Gasteiger partial charge in [-0.2, -0.15) is 5.10 Å². The zero-order valence-corrected chi connectivity index (χ0v) is 16.9. The fourth-order valence-electron chi connectivity index (χ4n) is 3.39. The van der Waals surface area contributed by atoms with E-state index in [0.29, 0.717) is 5.56 Å². The Bertz CT molecular complexity index is 937. The smallest absolute Gasteiger partial charge is 0.271 e. The number of nitrogens with one attached hydrogen (secondary N) is 1. The molecule has 4 heteroatoms. The van der Waals surface area contributed by atoms with Gasteiger partial charge in [-0.3, -0.25) is 4.79 Å². The van der Waals surface area contributed by atoms with E-state index in [1.165, 1.54) is 16.8 Å². The predicted octanol–water partition coefficient (Wildman–Crippen LogP) is 4.70. The third kappa shape index (κ3) is 3.80. The molecule has 0 spiro atoms. The molecule has 1 aliphatic rings. The van der Waals surface area contributed by atoms with Crippen LogP contribution >= 0.6 is 0 Å². The average Bonchev–Trinajstić information content (AvgIpc) is 2.61. The minimum absolute atomic E-state index is 0.0128. The van der Waals surface area contributed by atoms with Crippen LogP contribution in [-0.2, 0) is 0 Å². The number of hydrazone groups is 1. The molecule has 140 valence electrons. The van der Waals surface area contributed by atoms with Crippen LogP contribution < -0.4 is 10.3 Å². The molecule has 2 aromatic carbocycles. The molecule has 0 atom stereocenters. The Labute approximate surface area is 161 Å². The number of likely N-dealkylation sites (N-methyl/N-ethyl adjacent to an activating group) is 1. The quantitative estimate of drug-likeness (QED) is 0.636. The summed E-state index contributed by atoms with van der Waals surface area (Å²) in [7, 11) is 2.12. The van der Waals surface area contributed by atoms with E-state index in [0.717, 1.165) is 16.7 Å². The fraction of sp³-hybridized carbons (Fsp3) is 0.304. The zero-order valence-electron chi connectivity index (χ0n) is 16.9. The number of aryl methyl sites for hydroxylation is 2. The molecule has 27 heavy (non-hydrogen) atoms. The Morgan fingerprint density at radius 1 is 1.11 bits per heavy atom. The van der Waals surface area contributed by atoms with Crippen LogP contribution in [-0.4, -0.2) is 24.7 Å². The highest BCUT2D eigenvalue weighted by atomic mass is 16.2. The van der Waals surface area contributed by atoms with Crippen molar-refractivity contribution in [3.05, 3.63) is 70.3 Å². The molecule has 1 amide bonds. The largest absolute Gasteiger partial charge is 0.365 e. The first-order valence-corrected chi connectivity index (χ1v) is 9.17. The molecule has 2 aromatic rings. The standard InChI is InChI=1S/C23H27N3O/c1-15-7-9-18(10-8-15)22(27)25-24-14-19-12-20-17(3)13-23(4,5)26(6)21(20)11-16(19)2/h7-14H,1-6H3,(H,25,27)/b24-14-. The van der Waals surface area contributed by atoms with E-state index in [1.54, 1.807) is 18.3 Å². The summed E-state index contributed by atoms with van der Waals surface area (Å²) in [6.07, 6.45) is 4.00. The minimum atomic E-state index is -0.209. The third-order valence-electron chi connectivity index (χ3n) is 5.29. The van der Waals surface area contributed by atoms with E-state index in [-0.39, 0.29) is 11.4 Å². The first kappa shape index (κ1) is 18.9. The molecular formula is C23H27N3O. The van der Waals surface area contributed by atoms with Gasteiger partial charge in [0.05, 0.1) is 11.8 Å². The van der Waals surface area contributed by atoms with Gasteiger partial charge in [-0.1, -0.05) is 23.8 Å². The van der Waals surface area contributed by atoms with Gasteiger partial charge in [-0.15, -0.1) is 0 Å². The summed E-state index contributed by atoms with van der Waals surface area (Å²) < 4.78 is 0. The Balaban J connectivity index is 1.82. The van der Waals surface area contributed by atoms with Gasteiger partial charge in [-0.25, -0.2) is 5.43 Å². The molecule has 0 unspecified atom stereocenters.